The fraction of sp³-hybridized carbons (Fsp3) is 0.259. The van der Waals surface area contributed by atoms with Crippen molar-refractivity contribution in [1.29, 1.82) is 0 Å². The van der Waals surface area contributed by atoms with Crippen molar-refractivity contribution in [2.45, 2.75) is 45.5 Å². The van der Waals surface area contributed by atoms with Gasteiger partial charge in [-0.15, -0.1) is 13.2 Å². The van der Waals surface area contributed by atoms with Gasteiger partial charge in [0.15, 0.2) is 11.0 Å². The predicted octanol–water partition coefficient (Wildman–Crippen LogP) is 6.38. The van der Waals surface area contributed by atoms with E-state index in [1.165, 1.54) is 59.0 Å². The number of alkyl halides is 3. The minimum absolute atomic E-state index is 0.127. The van der Waals surface area contributed by atoms with Crippen LogP contribution in [0.15, 0.2) is 83.5 Å². The van der Waals surface area contributed by atoms with Crippen LogP contribution in [0.2, 0.25) is 0 Å². The van der Waals surface area contributed by atoms with Gasteiger partial charge in [-0.05, 0) is 80.1 Å². The molecule has 0 aliphatic heterocycles. The van der Waals surface area contributed by atoms with Crippen molar-refractivity contribution in [3.63, 3.8) is 0 Å². The molecule has 0 bridgehead atoms. The predicted molar refractivity (Wildman–Crippen MR) is 138 cm³/mol. The number of ether oxygens (including phenoxy) is 1. The van der Waals surface area contributed by atoms with Crippen LogP contribution in [0, 0.1) is 5.82 Å². The minimum Gasteiger partial charge on any atom is -0.406 e. The van der Waals surface area contributed by atoms with E-state index in [9.17, 15) is 26.6 Å². The average Bonchev–Trinajstić information content (AvgIpc) is 2.91. The molecule has 3 aromatic rings. The molecule has 11 heteroatoms. The second kappa shape index (κ2) is 14.3. The lowest BCUT2D eigenvalue weighted by Gasteiger charge is -2.24. The van der Waals surface area contributed by atoms with Crippen LogP contribution in [0.3, 0.4) is 0 Å². The summed E-state index contributed by atoms with van der Waals surface area (Å²) in [5.74, 6) is -1.25. The number of carbonyl (C=O) groups excluding carboxylic acids is 1. The SMILES string of the molecule is C/C=C(/C(=O)NCc1ccnc(-c2ccc(OC(F)(F)F)cc2)c1)N(CC)S(=O)c1ccc(F)cc1.CC. The Kier molecular flexibility index (Phi) is 11.5. The Morgan fingerprint density at radius 1 is 1.08 bits per heavy atom. The van der Waals surface area contributed by atoms with Crippen LogP contribution in [-0.4, -0.2) is 32.3 Å². The van der Waals surface area contributed by atoms with Gasteiger partial charge in [0, 0.05) is 24.8 Å². The molecule has 0 fully saturated rings. The number of nitrogens with one attached hydrogen (secondary N) is 1. The van der Waals surface area contributed by atoms with E-state index in [-0.39, 0.29) is 24.5 Å². The van der Waals surface area contributed by atoms with Gasteiger partial charge in [0.05, 0.1) is 10.6 Å². The van der Waals surface area contributed by atoms with E-state index in [1.807, 2.05) is 13.8 Å². The molecule has 204 valence electrons. The summed E-state index contributed by atoms with van der Waals surface area (Å²) >= 11 is 0. The van der Waals surface area contributed by atoms with Crippen molar-refractivity contribution in [2.75, 3.05) is 6.54 Å². The molecule has 0 aliphatic carbocycles. The van der Waals surface area contributed by atoms with Crippen LogP contribution >= 0.6 is 0 Å². The Morgan fingerprint density at radius 2 is 1.71 bits per heavy atom. The Labute approximate surface area is 221 Å². The molecule has 2 aromatic carbocycles. The summed E-state index contributed by atoms with van der Waals surface area (Å²) in [7, 11) is -1.72. The lowest BCUT2D eigenvalue weighted by molar-refractivity contribution is -0.274. The maximum Gasteiger partial charge on any atom is 0.573 e. The zero-order valence-electron chi connectivity index (χ0n) is 21.4. The first kappa shape index (κ1) is 30.5. The van der Waals surface area contributed by atoms with Crippen molar-refractivity contribution in [2.24, 2.45) is 0 Å². The van der Waals surface area contributed by atoms with E-state index >= 15 is 0 Å². The Balaban J connectivity index is 0.00000247. The largest absolute Gasteiger partial charge is 0.573 e. The number of allylic oxidation sites excluding steroid dienone is 1. The van der Waals surface area contributed by atoms with Crippen LogP contribution in [0.1, 0.15) is 33.3 Å². The molecule has 0 spiro atoms. The summed E-state index contributed by atoms with van der Waals surface area (Å²) in [4.78, 5) is 17.5. The van der Waals surface area contributed by atoms with Crippen molar-refractivity contribution in [3.05, 3.63) is 90.0 Å². The van der Waals surface area contributed by atoms with Gasteiger partial charge in [0.2, 0.25) is 0 Å². The normalized spacial score (nSPS) is 12.2. The number of benzene rings is 2. The monoisotopic (exact) mass is 551 g/mol. The van der Waals surface area contributed by atoms with Crippen LogP contribution < -0.4 is 10.1 Å². The summed E-state index contributed by atoms with van der Waals surface area (Å²) in [6, 6.07) is 13.9. The number of rotatable bonds is 9. The zero-order chi connectivity index (χ0) is 28.3. The third-order valence-corrected chi connectivity index (χ3v) is 6.47. The Morgan fingerprint density at radius 3 is 2.26 bits per heavy atom. The third-order valence-electron chi connectivity index (χ3n) is 4.94. The summed E-state index contributed by atoms with van der Waals surface area (Å²) in [6.07, 6.45) is -1.71. The van der Waals surface area contributed by atoms with Gasteiger partial charge in [-0.25, -0.2) is 8.60 Å². The number of aromatic nitrogens is 1. The summed E-state index contributed by atoms with van der Waals surface area (Å²) in [5, 5.41) is 2.78. The van der Waals surface area contributed by atoms with E-state index in [1.54, 1.807) is 32.1 Å². The van der Waals surface area contributed by atoms with Crippen molar-refractivity contribution in [3.8, 4) is 17.0 Å². The molecule has 1 aromatic heterocycles. The number of amides is 1. The Hall–Kier alpha value is -3.73. The van der Waals surface area contributed by atoms with Gasteiger partial charge < -0.3 is 10.1 Å². The maximum atomic E-state index is 13.2. The smallest absolute Gasteiger partial charge is 0.406 e. The highest BCUT2D eigenvalue weighted by atomic mass is 32.2. The maximum absolute atomic E-state index is 13.2. The molecule has 3 rings (SSSR count). The molecule has 0 radical (unpaired) electrons. The number of pyridine rings is 1. The zero-order valence-corrected chi connectivity index (χ0v) is 22.2. The van der Waals surface area contributed by atoms with E-state index < -0.39 is 29.1 Å². The van der Waals surface area contributed by atoms with Crippen LogP contribution in [0.4, 0.5) is 17.6 Å². The fourth-order valence-electron chi connectivity index (χ4n) is 3.29. The van der Waals surface area contributed by atoms with Crippen LogP contribution in [0.5, 0.6) is 5.75 Å². The highest BCUT2D eigenvalue weighted by molar-refractivity contribution is 7.82. The van der Waals surface area contributed by atoms with Gasteiger partial charge in [0.1, 0.15) is 17.3 Å². The van der Waals surface area contributed by atoms with Gasteiger partial charge in [0.25, 0.3) is 5.91 Å². The molecule has 38 heavy (non-hydrogen) atoms. The molecule has 0 saturated heterocycles. The number of carbonyl (C=O) groups is 1. The van der Waals surface area contributed by atoms with Crippen LogP contribution in [0.25, 0.3) is 11.3 Å². The first-order valence-electron chi connectivity index (χ1n) is 11.8. The molecule has 1 N–H and O–H groups in total. The second-order valence-electron chi connectivity index (χ2n) is 7.38. The summed E-state index contributed by atoms with van der Waals surface area (Å²) < 4.78 is 68.6. The lowest BCUT2D eigenvalue weighted by Crippen LogP contribution is -2.36. The van der Waals surface area contributed by atoms with E-state index in [0.29, 0.717) is 21.7 Å². The number of hydrogen-bond donors (Lipinski definition) is 1. The van der Waals surface area contributed by atoms with E-state index in [0.717, 1.165) is 0 Å². The molecule has 0 saturated carbocycles. The third kappa shape index (κ3) is 8.69. The molecule has 1 amide bonds. The first-order chi connectivity index (χ1) is 18.1. The molecule has 1 unspecified atom stereocenters. The van der Waals surface area contributed by atoms with E-state index in [2.05, 4.69) is 15.0 Å². The molecule has 1 heterocycles. The topological polar surface area (TPSA) is 71.5 Å². The molecule has 6 nitrogen and oxygen atoms in total. The minimum atomic E-state index is -4.78. The number of likely N-dealkylation sites (N-methyl/N-ethyl adjacent to an activating group) is 1. The number of hydrogen-bond acceptors (Lipinski definition) is 4. The Bertz CT molecular complexity index is 1250. The van der Waals surface area contributed by atoms with Crippen molar-refractivity contribution in [1.82, 2.24) is 14.6 Å². The second-order valence-corrected chi connectivity index (χ2v) is 8.79. The first-order valence-corrected chi connectivity index (χ1v) is 12.9. The molecular weight excluding hydrogens is 522 g/mol. The van der Waals surface area contributed by atoms with E-state index in [4.69, 9.17) is 0 Å². The van der Waals surface area contributed by atoms with Crippen LogP contribution in [-0.2, 0) is 22.3 Å². The summed E-state index contributed by atoms with van der Waals surface area (Å²) in [5.41, 5.74) is 1.95. The quantitative estimate of drug-likeness (QED) is 0.248. The fourth-order valence-corrected chi connectivity index (χ4v) is 4.51. The van der Waals surface area contributed by atoms with Gasteiger partial charge in [-0.3, -0.25) is 14.1 Å². The average molecular weight is 552 g/mol. The van der Waals surface area contributed by atoms with Crippen molar-refractivity contribution < 1.29 is 31.3 Å². The van der Waals surface area contributed by atoms with Gasteiger partial charge >= 0.3 is 6.36 Å². The standard InChI is InChI=1S/C25H23F4N3O3S.C2H6/c1-3-23(32(4-2)36(34)21-11-7-19(26)8-12-21)24(33)31-16-17-13-14-30-22(15-17)18-5-9-20(10-6-18)35-25(27,28)29;1-2/h3,5-15H,4,16H2,1-2H3,(H,31,33);1-2H3/b23-3-;. The number of halogens is 4. The molecule has 0 aliphatic rings. The van der Waals surface area contributed by atoms with Gasteiger partial charge in [-0.1, -0.05) is 19.9 Å². The molecular formula is C27H29F4N3O3S. The lowest BCUT2D eigenvalue weighted by atomic mass is 10.1. The van der Waals surface area contributed by atoms with Crippen molar-refractivity contribution >= 4 is 16.9 Å². The summed E-state index contributed by atoms with van der Waals surface area (Å²) in [6.45, 7) is 7.79. The number of nitrogens with zero attached hydrogens (tertiary/aromatic N) is 2. The molecule has 1 atom stereocenters. The van der Waals surface area contributed by atoms with Gasteiger partial charge in [-0.2, -0.15) is 0 Å². The highest BCUT2D eigenvalue weighted by Crippen LogP contribution is 2.26. The highest BCUT2D eigenvalue weighted by Gasteiger charge is 2.31.